The fourth-order valence-electron chi connectivity index (χ4n) is 2.24. The molecule has 1 unspecified atom stereocenters. The zero-order valence-corrected chi connectivity index (χ0v) is 11.6. The van der Waals surface area contributed by atoms with Crippen LogP contribution in [-0.2, 0) is 11.3 Å². The minimum absolute atomic E-state index is 0.471. The molecule has 1 heterocycles. The second kappa shape index (κ2) is 6.21. The van der Waals surface area contributed by atoms with E-state index >= 15 is 0 Å². The Balaban J connectivity index is 1.98. The molecule has 1 atom stereocenters. The highest BCUT2D eigenvalue weighted by Crippen LogP contribution is 2.20. The number of hydrogen-bond donors (Lipinski definition) is 1. The van der Waals surface area contributed by atoms with Gasteiger partial charge in [-0.1, -0.05) is 26.0 Å². The summed E-state index contributed by atoms with van der Waals surface area (Å²) < 4.78 is 5.47. The topological polar surface area (TPSA) is 24.5 Å². The highest BCUT2D eigenvalue weighted by Gasteiger charge is 2.18. The van der Waals surface area contributed by atoms with Crippen LogP contribution >= 0.6 is 0 Å². The van der Waals surface area contributed by atoms with Crippen LogP contribution in [0.2, 0.25) is 0 Å². The Kier molecular flexibility index (Phi) is 4.61. The van der Waals surface area contributed by atoms with Crippen molar-refractivity contribution >= 4 is 5.69 Å². The van der Waals surface area contributed by atoms with E-state index in [0.29, 0.717) is 12.1 Å². The van der Waals surface area contributed by atoms with E-state index in [2.05, 4.69) is 55.3 Å². The number of nitrogens with zero attached hydrogens (tertiary/aromatic N) is 1. The highest BCUT2D eigenvalue weighted by atomic mass is 16.5. The van der Waals surface area contributed by atoms with Crippen molar-refractivity contribution in [3.05, 3.63) is 29.8 Å². The van der Waals surface area contributed by atoms with Crippen molar-refractivity contribution in [3.8, 4) is 0 Å². The summed E-state index contributed by atoms with van der Waals surface area (Å²) in [5.41, 5.74) is 2.65. The van der Waals surface area contributed by atoms with Crippen molar-refractivity contribution in [2.75, 3.05) is 24.7 Å². The van der Waals surface area contributed by atoms with Crippen LogP contribution in [0.1, 0.15) is 26.3 Å². The molecule has 0 bridgehead atoms. The first-order valence-electron chi connectivity index (χ1n) is 6.83. The third-order valence-corrected chi connectivity index (χ3v) is 3.35. The molecule has 0 saturated carbocycles. The number of benzene rings is 1. The van der Waals surface area contributed by atoms with Crippen LogP contribution in [0.4, 0.5) is 5.69 Å². The van der Waals surface area contributed by atoms with Gasteiger partial charge in [0, 0.05) is 30.9 Å². The lowest BCUT2D eigenvalue weighted by molar-refractivity contribution is 0.0989. The van der Waals surface area contributed by atoms with E-state index in [1.54, 1.807) is 0 Å². The number of ether oxygens (including phenoxy) is 1. The summed E-state index contributed by atoms with van der Waals surface area (Å²) in [5, 5.41) is 3.44. The summed E-state index contributed by atoms with van der Waals surface area (Å²) in [4.78, 5) is 2.42. The molecule has 2 rings (SSSR count). The average molecular weight is 248 g/mol. The predicted molar refractivity (Wildman–Crippen MR) is 76.0 cm³/mol. The molecule has 3 heteroatoms. The minimum Gasteiger partial charge on any atom is -0.377 e. The van der Waals surface area contributed by atoms with E-state index in [1.165, 1.54) is 11.3 Å². The minimum atomic E-state index is 0.471. The summed E-state index contributed by atoms with van der Waals surface area (Å²) in [6.07, 6.45) is 0. The maximum absolute atomic E-state index is 5.47. The summed E-state index contributed by atoms with van der Waals surface area (Å²) in [6, 6.07) is 9.88. The zero-order chi connectivity index (χ0) is 13.0. The maximum atomic E-state index is 5.47. The van der Waals surface area contributed by atoms with E-state index in [0.717, 1.165) is 26.3 Å². The van der Waals surface area contributed by atoms with Crippen molar-refractivity contribution in [3.63, 3.8) is 0 Å². The number of anilines is 1. The Labute approximate surface area is 110 Å². The second-order valence-corrected chi connectivity index (χ2v) is 5.32. The van der Waals surface area contributed by atoms with E-state index in [9.17, 15) is 0 Å². The van der Waals surface area contributed by atoms with Crippen molar-refractivity contribution in [1.29, 1.82) is 0 Å². The molecule has 1 N–H and O–H groups in total. The summed E-state index contributed by atoms with van der Waals surface area (Å²) in [6.45, 7) is 10.2. The van der Waals surface area contributed by atoms with Gasteiger partial charge in [-0.2, -0.15) is 0 Å². The SMILES string of the molecule is CC(C)NCc1ccc(N2CCOCC2C)cc1. The van der Waals surface area contributed by atoms with Gasteiger partial charge in [-0.05, 0) is 24.6 Å². The fraction of sp³-hybridized carbons (Fsp3) is 0.600. The largest absolute Gasteiger partial charge is 0.377 e. The molecule has 18 heavy (non-hydrogen) atoms. The highest BCUT2D eigenvalue weighted by molar-refractivity contribution is 5.48. The van der Waals surface area contributed by atoms with Gasteiger partial charge in [-0.25, -0.2) is 0 Å². The van der Waals surface area contributed by atoms with Gasteiger partial charge in [0.15, 0.2) is 0 Å². The van der Waals surface area contributed by atoms with Crippen LogP contribution in [-0.4, -0.2) is 31.8 Å². The Hall–Kier alpha value is -1.06. The molecule has 1 aromatic rings. The van der Waals surface area contributed by atoms with Gasteiger partial charge in [-0.15, -0.1) is 0 Å². The van der Waals surface area contributed by atoms with E-state index < -0.39 is 0 Å². The molecule has 1 aromatic carbocycles. The molecule has 0 amide bonds. The monoisotopic (exact) mass is 248 g/mol. The van der Waals surface area contributed by atoms with Crippen LogP contribution in [0.25, 0.3) is 0 Å². The van der Waals surface area contributed by atoms with Crippen molar-refractivity contribution in [1.82, 2.24) is 5.32 Å². The van der Waals surface area contributed by atoms with Crippen LogP contribution in [0.5, 0.6) is 0 Å². The third kappa shape index (κ3) is 3.47. The molecule has 0 aliphatic carbocycles. The van der Waals surface area contributed by atoms with E-state index in [1.807, 2.05) is 0 Å². The van der Waals surface area contributed by atoms with Gasteiger partial charge in [0.25, 0.3) is 0 Å². The van der Waals surface area contributed by atoms with Crippen LogP contribution < -0.4 is 10.2 Å². The fourth-order valence-corrected chi connectivity index (χ4v) is 2.24. The molecular weight excluding hydrogens is 224 g/mol. The molecule has 3 nitrogen and oxygen atoms in total. The lowest BCUT2D eigenvalue weighted by Gasteiger charge is -2.35. The van der Waals surface area contributed by atoms with Crippen LogP contribution in [0, 0.1) is 0 Å². The lowest BCUT2D eigenvalue weighted by atomic mass is 10.1. The van der Waals surface area contributed by atoms with Crippen LogP contribution in [0.3, 0.4) is 0 Å². The quantitative estimate of drug-likeness (QED) is 0.885. The number of morpholine rings is 1. The van der Waals surface area contributed by atoms with Gasteiger partial charge in [0.1, 0.15) is 0 Å². The summed E-state index contributed by atoms with van der Waals surface area (Å²) >= 11 is 0. The van der Waals surface area contributed by atoms with E-state index in [-0.39, 0.29) is 0 Å². The molecule has 0 radical (unpaired) electrons. The Bertz CT molecular complexity index is 361. The maximum Gasteiger partial charge on any atom is 0.0668 e. The summed E-state index contributed by atoms with van der Waals surface area (Å²) in [7, 11) is 0. The summed E-state index contributed by atoms with van der Waals surface area (Å²) in [5.74, 6) is 0. The Morgan fingerprint density at radius 3 is 2.67 bits per heavy atom. The van der Waals surface area contributed by atoms with Crippen molar-refractivity contribution in [2.24, 2.45) is 0 Å². The predicted octanol–water partition coefficient (Wildman–Crippen LogP) is 2.41. The smallest absolute Gasteiger partial charge is 0.0668 e. The second-order valence-electron chi connectivity index (χ2n) is 5.32. The van der Waals surface area contributed by atoms with Gasteiger partial charge in [0.2, 0.25) is 0 Å². The first-order valence-corrected chi connectivity index (χ1v) is 6.83. The molecule has 1 aliphatic heterocycles. The third-order valence-electron chi connectivity index (χ3n) is 3.35. The molecule has 1 saturated heterocycles. The lowest BCUT2D eigenvalue weighted by Crippen LogP contribution is -2.43. The van der Waals surface area contributed by atoms with Crippen molar-refractivity contribution in [2.45, 2.75) is 39.4 Å². The Morgan fingerprint density at radius 1 is 1.33 bits per heavy atom. The average Bonchev–Trinajstić information content (AvgIpc) is 2.38. The molecule has 0 spiro atoms. The number of rotatable bonds is 4. The zero-order valence-electron chi connectivity index (χ0n) is 11.6. The first kappa shape index (κ1) is 13.4. The molecule has 1 aliphatic rings. The normalized spacial score (nSPS) is 20.4. The van der Waals surface area contributed by atoms with Gasteiger partial charge in [0.05, 0.1) is 13.2 Å². The van der Waals surface area contributed by atoms with E-state index in [4.69, 9.17) is 4.74 Å². The first-order chi connectivity index (χ1) is 8.66. The number of nitrogens with one attached hydrogen (secondary N) is 1. The standard InChI is InChI=1S/C15H24N2O/c1-12(2)16-10-14-4-6-15(7-5-14)17-8-9-18-11-13(17)3/h4-7,12-13,16H,8-11H2,1-3H3. The number of hydrogen-bond acceptors (Lipinski definition) is 3. The van der Waals surface area contributed by atoms with Gasteiger partial charge in [-0.3, -0.25) is 0 Å². The molecular formula is C15H24N2O. The molecule has 100 valence electrons. The van der Waals surface area contributed by atoms with Crippen molar-refractivity contribution < 1.29 is 4.74 Å². The molecule has 1 fully saturated rings. The van der Waals surface area contributed by atoms with Gasteiger partial charge < -0.3 is 15.0 Å². The van der Waals surface area contributed by atoms with Gasteiger partial charge >= 0.3 is 0 Å². The Morgan fingerprint density at radius 2 is 2.06 bits per heavy atom. The van der Waals surface area contributed by atoms with Crippen LogP contribution in [0.15, 0.2) is 24.3 Å². The molecule has 0 aromatic heterocycles.